The number of benzene rings is 2. The molecule has 0 saturated carbocycles. The summed E-state index contributed by atoms with van der Waals surface area (Å²) in [5, 5.41) is 92.3. The van der Waals surface area contributed by atoms with Gasteiger partial charge in [-0.15, -0.1) is 0 Å². The predicted octanol–water partition coefficient (Wildman–Crippen LogP) is -1.38. The number of hydrogen-bond acceptors (Lipinski definition) is 16. The lowest BCUT2D eigenvalue weighted by Crippen LogP contribution is -2.61. The summed E-state index contributed by atoms with van der Waals surface area (Å²) in [4.78, 5) is 13.7. The first-order valence-electron chi connectivity index (χ1n) is 13.4. The molecule has 2 aliphatic rings. The molecular weight excluding hydrogens is 592 g/mol. The van der Waals surface area contributed by atoms with Gasteiger partial charge >= 0.3 is 0 Å². The summed E-state index contributed by atoms with van der Waals surface area (Å²) in [6.07, 6.45) is -16.0. The highest BCUT2D eigenvalue weighted by molar-refractivity contribution is 5.88. The van der Waals surface area contributed by atoms with Gasteiger partial charge < -0.3 is 74.1 Å². The number of aromatic hydroxyl groups is 3. The highest BCUT2D eigenvalue weighted by Crippen LogP contribution is 2.39. The Hall–Kier alpha value is -3.71. The van der Waals surface area contributed by atoms with Crippen LogP contribution in [0.2, 0.25) is 0 Å². The maximum Gasteiger partial charge on any atom is 0.239 e. The number of aliphatic hydroxyl groups is 6. The van der Waals surface area contributed by atoms with E-state index in [4.69, 9.17) is 28.1 Å². The lowest BCUT2D eigenvalue weighted by Gasteiger charge is -2.42. The number of hydrogen-bond donors (Lipinski definition) is 9. The second-order valence-electron chi connectivity index (χ2n) is 10.5. The third kappa shape index (κ3) is 5.74. The SMILES string of the molecule is COc1ccc(-c2oc3cc(O)cc(O)c3c(=O)c2O[C@@H]2O[C@H](CO[C@@H]3O[C@H](C)[C@@H](O)[C@H](O)[C@@H]3O)[C@@H](O)[C@H](O)[C@H]2O)cc1O. The van der Waals surface area contributed by atoms with Crippen molar-refractivity contribution in [1.82, 2.24) is 0 Å². The summed E-state index contributed by atoms with van der Waals surface area (Å²) in [5.74, 6) is -2.33. The van der Waals surface area contributed by atoms with Crippen LogP contribution in [0.15, 0.2) is 39.5 Å². The maximum atomic E-state index is 13.7. The summed E-state index contributed by atoms with van der Waals surface area (Å²) in [7, 11) is 1.32. The molecule has 2 saturated heterocycles. The largest absolute Gasteiger partial charge is 0.508 e. The fraction of sp³-hybridized carbons (Fsp3) is 0.464. The summed E-state index contributed by atoms with van der Waals surface area (Å²) in [6.45, 7) is 0.841. The molecule has 2 fully saturated rings. The molecule has 16 heteroatoms. The van der Waals surface area contributed by atoms with E-state index in [0.29, 0.717) is 0 Å². The number of phenols is 3. The molecular formula is C28H32O16. The Morgan fingerprint density at radius 2 is 1.48 bits per heavy atom. The van der Waals surface area contributed by atoms with Gasteiger partial charge in [-0.3, -0.25) is 4.79 Å². The highest BCUT2D eigenvalue weighted by atomic mass is 16.7. The van der Waals surface area contributed by atoms with Crippen molar-refractivity contribution in [3.05, 3.63) is 40.6 Å². The molecule has 16 nitrogen and oxygen atoms in total. The van der Waals surface area contributed by atoms with E-state index < -0.39 is 96.1 Å². The monoisotopic (exact) mass is 624 g/mol. The molecule has 240 valence electrons. The van der Waals surface area contributed by atoms with Gasteiger partial charge in [0.15, 0.2) is 23.5 Å². The topological polar surface area (TPSA) is 258 Å². The van der Waals surface area contributed by atoms with Gasteiger partial charge in [0.25, 0.3) is 0 Å². The van der Waals surface area contributed by atoms with E-state index in [9.17, 15) is 50.8 Å². The maximum absolute atomic E-state index is 13.7. The number of ether oxygens (including phenoxy) is 5. The lowest BCUT2D eigenvalue weighted by atomic mass is 9.98. The van der Waals surface area contributed by atoms with Crippen LogP contribution >= 0.6 is 0 Å². The smallest absolute Gasteiger partial charge is 0.239 e. The zero-order chi connectivity index (χ0) is 32.0. The number of rotatable bonds is 7. The van der Waals surface area contributed by atoms with E-state index in [1.807, 2.05) is 0 Å². The fourth-order valence-corrected chi connectivity index (χ4v) is 5.01. The normalized spacial score (nSPS) is 32.5. The standard InChI is InChI=1S/C28H32O16/c1-9-18(32)21(35)23(37)27(41-9)40-8-16-19(33)22(36)24(38)28(43-16)44-26-20(34)17-13(31)6-11(29)7-15(17)42-25(26)10-3-4-14(39-2)12(30)5-10/h3-7,9,16,18-19,21-24,27-33,35-38H,8H2,1-2H3/t9-,16-,18-,19-,21+,22+,23+,24-,27-,28+/m1/s1. The van der Waals surface area contributed by atoms with Gasteiger partial charge in [0.05, 0.1) is 19.8 Å². The van der Waals surface area contributed by atoms with E-state index in [0.717, 1.165) is 12.1 Å². The highest BCUT2D eigenvalue weighted by Gasteiger charge is 2.47. The van der Waals surface area contributed by atoms with Gasteiger partial charge in [0.2, 0.25) is 17.5 Å². The number of fused-ring (bicyclic) bond motifs is 1. The molecule has 0 aliphatic carbocycles. The van der Waals surface area contributed by atoms with Crippen LogP contribution in [-0.4, -0.2) is 121 Å². The third-order valence-electron chi connectivity index (χ3n) is 7.49. The van der Waals surface area contributed by atoms with Crippen LogP contribution in [0.3, 0.4) is 0 Å². The van der Waals surface area contributed by atoms with Crippen LogP contribution in [0, 0.1) is 0 Å². The van der Waals surface area contributed by atoms with Crippen LogP contribution in [0.1, 0.15) is 6.92 Å². The zero-order valence-corrected chi connectivity index (χ0v) is 23.3. The first-order chi connectivity index (χ1) is 20.8. The van der Waals surface area contributed by atoms with Gasteiger partial charge in [0.1, 0.15) is 65.2 Å². The molecule has 0 radical (unpaired) electrons. The molecule has 10 atom stereocenters. The molecule has 3 heterocycles. The van der Waals surface area contributed by atoms with Crippen molar-refractivity contribution in [2.75, 3.05) is 13.7 Å². The Morgan fingerprint density at radius 1 is 0.795 bits per heavy atom. The van der Waals surface area contributed by atoms with Crippen LogP contribution in [-0.2, 0) is 14.2 Å². The van der Waals surface area contributed by atoms with E-state index in [1.165, 1.54) is 32.2 Å². The van der Waals surface area contributed by atoms with Gasteiger partial charge in [0, 0.05) is 17.7 Å². The Balaban J connectivity index is 1.48. The van der Waals surface area contributed by atoms with Crippen LogP contribution in [0.5, 0.6) is 28.7 Å². The predicted molar refractivity (Wildman–Crippen MR) is 145 cm³/mol. The van der Waals surface area contributed by atoms with Gasteiger partial charge in [-0.2, -0.15) is 0 Å². The summed E-state index contributed by atoms with van der Waals surface area (Å²) < 4.78 is 33.1. The fourth-order valence-electron chi connectivity index (χ4n) is 5.01. The number of phenolic OH excluding ortho intramolecular Hbond substituents is 3. The van der Waals surface area contributed by atoms with E-state index in [-0.39, 0.29) is 28.4 Å². The van der Waals surface area contributed by atoms with Crippen molar-refractivity contribution in [2.45, 2.75) is 68.3 Å². The molecule has 2 aromatic carbocycles. The molecule has 9 N–H and O–H groups in total. The number of aliphatic hydroxyl groups excluding tert-OH is 6. The van der Waals surface area contributed by atoms with Crippen LogP contribution in [0.4, 0.5) is 0 Å². The minimum atomic E-state index is -1.95. The van der Waals surface area contributed by atoms with E-state index >= 15 is 0 Å². The second-order valence-corrected chi connectivity index (χ2v) is 10.5. The average Bonchev–Trinajstić information content (AvgIpc) is 2.98. The average molecular weight is 625 g/mol. The second kappa shape index (κ2) is 12.4. The quantitative estimate of drug-likeness (QED) is 0.147. The zero-order valence-electron chi connectivity index (χ0n) is 23.3. The summed E-state index contributed by atoms with van der Waals surface area (Å²) in [5.41, 5.74) is -1.19. The molecule has 3 aromatic rings. The molecule has 0 spiro atoms. The molecule has 5 rings (SSSR count). The van der Waals surface area contributed by atoms with Gasteiger partial charge in [-0.1, -0.05) is 0 Å². The third-order valence-corrected chi connectivity index (χ3v) is 7.49. The Kier molecular flexibility index (Phi) is 8.90. The molecule has 0 bridgehead atoms. The Morgan fingerprint density at radius 3 is 2.16 bits per heavy atom. The van der Waals surface area contributed by atoms with Crippen molar-refractivity contribution in [3.63, 3.8) is 0 Å². The molecule has 1 aromatic heterocycles. The lowest BCUT2D eigenvalue weighted by molar-refractivity contribution is -0.318. The number of methoxy groups -OCH3 is 1. The molecule has 44 heavy (non-hydrogen) atoms. The summed E-state index contributed by atoms with van der Waals surface area (Å²) >= 11 is 0. The van der Waals surface area contributed by atoms with Gasteiger partial charge in [-0.25, -0.2) is 0 Å². The van der Waals surface area contributed by atoms with Crippen LogP contribution in [0.25, 0.3) is 22.3 Å². The van der Waals surface area contributed by atoms with Crippen molar-refractivity contribution in [3.8, 4) is 40.1 Å². The Bertz CT molecular complexity index is 1560. The molecule has 2 aliphatic heterocycles. The Labute approximate surface area is 248 Å². The van der Waals surface area contributed by atoms with Crippen molar-refractivity contribution in [2.24, 2.45) is 0 Å². The summed E-state index contributed by atoms with van der Waals surface area (Å²) in [6, 6.07) is 5.88. The first kappa shape index (κ1) is 31.7. The van der Waals surface area contributed by atoms with Crippen molar-refractivity contribution < 1.29 is 74.1 Å². The first-order valence-corrected chi connectivity index (χ1v) is 13.4. The molecule has 0 unspecified atom stereocenters. The molecule has 0 amide bonds. The minimum Gasteiger partial charge on any atom is -0.508 e. The van der Waals surface area contributed by atoms with Gasteiger partial charge in [-0.05, 0) is 25.1 Å². The van der Waals surface area contributed by atoms with Crippen LogP contribution < -0.4 is 14.9 Å². The van der Waals surface area contributed by atoms with Crippen molar-refractivity contribution >= 4 is 11.0 Å². The van der Waals surface area contributed by atoms with E-state index in [1.54, 1.807) is 0 Å². The van der Waals surface area contributed by atoms with E-state index in [2.05, 4.69) is 0 Å². The minimum absolute atomic E-state index is 0.0594. The van der Waals surface area contributed by atoms with Crippen molar-refractivity contribution in [1.29, 1.82) is 0 Å².